The number of quaternary nitrogens is 1. The molecule has 0 bridgehead atoms. The fourth-order valence-electron chi connectivity index (χ4n) is 3.94. The molecule has 148 valence electrons. The highest BCUT2D eigenvalue weighted by molar-refractivity contribution is 6.22. The number of nitrogens with zero attached hydrogens (tertiary/aromatic N) is 1. The zero-order chi connectivity index (χ0) is 18.9. The van der Waals surface area contributed by atoms with Gasteiger partial charge >= 0.3 is 0 Å². The first kappa shape index (κ1) is 21.0. The highest BCUT2D eigenvalue weighted by Crippen LogP contribution is 2.36. The van der Waals surface area contributed by atoms with Gasteiger partial charge in [0.2, 0.25) is 0 Å². The Bertz CT molecular complexity index is 891. The molecule has 1 saturated heterocycles. The van der Waals surface area contributed by atoms with Gasteiger partial charge in [-0.25, -0.2) is 0 Å². The molecule has 2 aromatic rings. The van der Waals surface area contributed by atoms with Crippen molar-refractivity contribution in [1.29, 1.82) is 0 Å². The lowest BCUT2D eigenvalue weighted by molar-refractivity contribution is -0.916. The van der Waals surface area contributed by atoms with E-state index >= 15 is 0 Å². The van der Waals surface area contributed by atoms with E-state index in [1.54, 1.807) is 12.1 Å². The number of carbonyl (C=O) groups excluding carboxylic acids is 2. The van der Waals surface area contributed by atoms with Crippen molar-refractivity contribution < 1.29 is 42.8 Å². The number of likely N-dealkylation sites (N-methyl/N-ethyl adjacent to an activating group) is 1. The summed E-state index contributed by atoms with van der Waals surface area (Å²) in [6.45, 7) is 5.35. The topological polar surface area (TPSA) is 55.4 Å². The van der Waals surface area contributed by atoms with Crippen molar-refractivity contribution in [1.82, 2.24) is 5.32 Å². The third kappa shape index (κ3) is 4.14. The van der Waals surface area contributed by atoms with Gasteiger partial charge in [-0.15, -0.1) is 0 Å². The van der Waals surface area contributed by atoms with E-state index in [0.717, 1.165) is 54.9 Å². The average molecular weight is 492 g/mol. The molecular weight excluding hydrogens is 467 g/mol. The highest BCUT2D eigenvalue weighted by atomic mass is 127. The van der Waals surface area contributed by atoms with Gasteiger partial charge in [0.25, 0.3) is 5.91 Å². The Morgan fingerprint density at radius 3 is 2.46 bits per heavy atom. The van der Waals surface area contributed by atoms with Crippen molar-refractivity contribution in [3.05, 3.63) is 59.2 Å². The molecule has 0 aromatic heterocycles. The molecule has 0 atom stereocenters. The molecule has 1 N–H and O–H groups in total. The molecule has 6 heteroatoms. The molecule has 0 unspecified atom stereocenters. The van der Waals surface area contributed by atoms with Gasteiger partial charge in [-0.2, -0.15) is 0 Å². The van der Waals surface area contributed by atoms with Crippen molar-refractivity contribution in [2.75, 3.05) is 46.4 Å². The second-order valence-corrected chi connectivity index (χ2v) is 7.65. The van der Waals surface area contributed by atoms with E-state index in [-0.39, 0.29) is 35.7 Å². The van der Waals surface area contributed by atoms with Crippen LogP contribution in [0.4, 0.5) is 0 Å². The van der Waals surface area contributed by atoms with E-state index in [9.17, 15) is 9.59 Å². The Hall–Kier alpha value is -1.77. The Morgan fingerprint density at radius 1 is 1.04 bits per heavy atom. The number of fused-ring (bicyclic) bond motifs is 3. The number of ether oxygens (including phenoxy) is 1. The number of ketones is 1. The maximum Gasteiger partial charge on any atom is 0.251 e. The summed E-state index contributed by atoms with van der Waals surface area (Å²) >= 11 is 0. The quantitative estimate of drug-likeness (QED) is 0.297. The van der Waals surface area contributed by atoms with E-state index < -0.39 is 0 Å². The van der Waals surface area contributed by atoms with Crippen LogP contribution >= 0.6 is 0 Å². The molecule has 1 amide bonds. The summed E-state index contributed by atoms with van der Waals surface area (Å²) in [7, 11) is 2.24. The summed E-state index contributed by atoms with van der Waals surface area (Å²) in [4.78, 5) is 25.1. The van der Waals surface area contributed by atoms with Crippen LogP contribution in [0.2, 0.25) is 0 Å². The molecule has 1 fully saturated rings. The second kappa shape index (κ2) is 8.71. The van der Waals surface area contributed by atoms with Crippen LogP contribution < -0.4 is 29.3 Å². The number of halogens is 1. The maximum atomic E-state index is 12.6. The van der Waals surface area contributed by atoms with Gasteiger partial charge < -0.3 is 38.5 Å². The third-order valence-corrected chi connectivity index (χ3v) is 5.70. The Balaban J connectivity index is 0.00000225. The average Bonchev–Trinajstić information content (AvgIpc) is 2.98. The fraction of sp³-hybridized carbons (Fsp3) is 0.364. The second-order valence-electron chi connectivity index (χ2n) is 7.65. The molecule has 4 rings (SSSR count). The van der Waals surface area contributed by atoms with Gasteiger partial charge in [0, 0.05) is 29.7 Å². The molecule has 28 heavy (non-hydrogen) atoms. The number of nitrogens with one attached hydrogen (secondary N) is 1. The Kier molecular flexibility index (Phi) is 6.52. The lowest BCUT2D eigenvalue weighted by Crippen LogP contribution is -3.00. The maximum absolute atomic E-state index is 12.6. The summed E-state index contributed by atoms with van der Waals surface area (Å²) in [5.74, 6) is -0.119. The minimum absolute atomic E-state index is 0. The summed E-state index contributed by atoms with van der Waals surface area (Å²) in [5.41, 5.74) is 3.74. The summed E-state index contributed by atoms with van der Waals surface area (Å²) in [6.07, 6.45) is 0.928. The monoisotopic (exact) mass is 492 g/mol. The van der Waals surface area contributed by atoms with E-state index in [2.05, 4.69) is 12.4 Å². The van der Waals surface area contributed by atoms with Crippen molar-refractivity contribution in [2.24, 2.45) is 0 Å². The number of amides is 1. The van der Waals surface area contributed by atoms with Crippen LogP contribution in [-0.2, 0) is 4.74 Å². The van der Waals surface area contributed by atoms with Crippen molar-refractivity contribution in [3.8, 4) is 11.1 Å². The van der Waals surface area contributed by atoms with Gasteiger partial charge in [0.1, 0.15) is 13.1 Å². The van der Waals surface area contributed by atoms with E-state index in [1.165, 1.54) is 0 Å². The molecule has 0 saturated carbocycles. The Morgan fingerprint density at radius 2 is 1.71 bits per heavy atom. The van der Waals surface area contributed by atoms with Crippen LogP contribution in [-0.4, -0.2) is 62.6 Å². The first-order valence-corrected chi connectivity index (χ1v) is 9.55. The van der Waals surface area contributed by atoms with Crippen molar-refractivity contribution in [3.63, 3.8) is 0 Å². The highest BCUT2D eigenvalue weighted by Gasteiger charge is 2.27. The lowest BCUT2D eigenvalue weighted by Gasteiger charge is -2.37. The number of hydrogen-bond donors (Lipinski definition) is 1. The number of morpholine rings is 1. The van der Waals surface area contributed by atoms with Crippen LogP contribution in [0, 0.1) is 0 Å². The van der Waals surface area contributed by atoms with E-state index in [1.807, 2.05) is 30.3 Å². The molecular formula is C22H25IN2O3. The van der Waals surface area contributed by atoms with Crippen LogP contribution in [0.5, 0.6) is 0 Å². The molecule has 2 aromatic carbocycles. The SMILES string of the molecule is C[N+]1(CCCNC(=O)c2ccc3c(c2)C(=O)c2ccccc2-3)CCOCC1.[I-]. The molecule has 1 heterocycles. The van der Waals surface area contributed by atoms with Gasteiger partial charge in [-0.3, -0.25) is 9.59 Å². The lowest BCUT2D eigenvalue weighted by atomic mass is 10.0. The number of benzene rings is 2. The Labute approximate surface area is 182 Å². The van der Waals surface area contributed by atoms with Gasteiger partial charge in [-0.1, -0.05) is 30.3 Å². The van der Waals surface area contributed by atoms with Gasteiger partial charge in [-0.05, 0) is 23.3 Å². The molecule has 0 radical (unpaired) electrons. The summed E-state index contributed by atoms with van der Waals surface area (Å²) in [5, 5.41) is 2.99. The molecule has 0 spiro atoms. The largest absolute Gasteiger partial charge is 1.00 e. The first-order valence-electron chi connectivity index (χ1n) is 9.55. The van der Waals surface area contributed by atoms with Crippen LogP contribution in [0.1, 0.15) is 32.7 Å². The smallest absolute Gasteiger partial charge is 0.251 e. The molecule has 1 aliphatic heterocycles. The molecule has 1 aliphatic carbocycles. The number of hydrogen-bond acceptors (Lipinski definition) is 3. The summed E-state index contributed by atoms with van der Waals surface area (Å²) in [6, 6.07) is 13.0. The fourth-order valence-corrected chi connectivity index (χ4v) is 3.94. The zero-order valence-electron chi connectivity index (χ0n) is 16.0. The molecule has 5 nitrogen and oxygen atoms in total. The first-order chi connectivity index (χ1) is 13.1. The normalized spacial score (nSPS) is 16.7. The van der Waals surface area contributed by atoms with Gasteiger partial charge in [0.15, 0.2) is 5.78 Å². The molecule has 2 aliphatic rings. The minimum atomic E-state index is -0.119. The van der Waals surface area contributed by atoms with E-state index in [4.69, 9.17) is 4.74 Å². The van der Waals surface area contributed by atoms with Crippen LogP contribution in [0.25, 0.3) is 11.1 Å². The standard InChI is InChI=1S/C22H24N2O3.HI/c1-24(11-13-27-14-12-24)10-4-9-23-22(26)16-7-8-18-17-5-2-3-6-19(17)21(25)20(18)15-16;/h2-3,5-8,15H,4,9-14H2,1H3;1H. The van der Waals surface area contributed by atoms with Gasteiger partial charge in [0.05, 0.1) is 26.8 Å². The zero-order valence-corrected chi connectivity index (χ0v) is 18.2. The summed E-state index contributed by atoms with van der Waals surface area (Å²) < 4.78 is 6.42. The number of rotatable bonds is 5. The van der Waals surface area contributed by atoms with Crippen molar-refractivity contribution in [2.45, 2.75) is 6.42 Å². The third-order valence-electron chi connectivity index (χ3n) is 5.70. The minimum Gasteiger partial charge on any atom is -1.00 e. The predicted molar refractivity (Wildman–Crippen MR) is 104 cm³/mol. The van der Waals surface area contributed by atoms with E-state index in [0.29, 0.717) is 23.2 Å². The predicted octanol–water partition coefficient (Wildman–Crippen LogP) is -0.501. The number of carbonyl (C=O) groups is 2. The van der Waals surface area contributed by atoms with Crippen LogP contribution in [0.15, 0.2) is 42.5 Å². The van der Waals surface area contributed by atoms with Crippen LogP contribution in [0.3, 0.4) is 0 Å². The van der Waals surface area contributed by atoms with Crippen molar-refractivity contribution >= 4 is 11.7 Å².